The second-order valence-electron chi connectivity index (χ2n) is 10.8. The first-order valence-electron chi connectivity index (χ1n) is 14.4. The summed E-state index contributed by atoms with van der Waals surface area (Å²) < 4.78 is 20.7. The van der Waals surface area contributed by atoms with Crippen LogP contribution in [-0.2, 0) is 9.53 Å². The van der Waals surface area contributed by atoms with Gasteiger partial charge in [0.2, 0.25) is 0 Å². The summed E-state index contributed by atoms with van der Waals surface area (Å²) in [5, 5.41) is 32.7. The number of hydrogen-bond acceptors (Lipinski definition) is 6. The van der Waals surface area contributed by atoms with Crippen molar-refractivity contribution in [2.75, 3.05) is 12.4 Å². The number of carboxylic acid groups (broad SMARTS) is 1. The molecule has 234 valence electrons. The predicted octanol–water partition coefficient (Wildman–Crippen LogP) is 6.18. The van der Waals surface area contributed by atoms with Crippen LogP contribution in [0.5, 0.6) is 0 Å². The van der Waals surface area contributed by atoms with Gasteiger partial charge in [0.1, 0.15) is 11.5 Å². The van der Waals surface area contributed by atoms with E-state index in [1.807, 2.05) is 44.2 Å². The fourth-order valence-electron chi connectivity index (χ4n) is 5.20. The van der Waals surface area contributed by atoms with Crippen molar-refractivity contribution in [3.8, 4) is 22.3 Å². The van der Waals surface area contributed by atoms with E-state index in [4.69, 9.17) is 9.84 Å². The number of rotatable bonds is 12. The summed E-state index contributed by atoms with van der Waals surface area (Å²) in [5.74, 6) is -2.66. The highest BCUT2D eigenvalue weighted by atomic mass is 19.1. The Morgan fingerprint density at radius 3 is 2.22 bits per heavy atom. The van der Waals surface area contributed by atoms with Crippen LogP contribution in [0.2, 0.25) is 0 Å². The van der Waals surface area contributed by atoms with Crippen LogP contribution in [0.25, 0.3) is 28.3 Å². The number of aliphatic hydroxyl groups is 2. The average molecular weight is 615 g/mol. The lowest BCUT2D eigenvalue weighted by molar-refractivity contribution is -0.139. The number of halogens is 1. The molecule has 4 aromatic rings. The molecule has 1 aromatic heterocycles. The van der Waals surface area contributed by atoms with Gasteiger partial charge < -0.3 is 29.9 Å². The Hall–Kier alpha value is -5.06. The van der Waals surface area contributed by atoms with Crippen LogP contribution >= 0.6 is 0 Å². The van der Waals surface area contributed by atoms with Crippen molar-refractivity contribution in [1.29, 1.82) is 0 Å². The molecule has 0 fully saturated rings. The summed E-state index contributed by atoms with van der Waals surface area (Å²) in [6.45, 7) is 3.78. The number of nitrogens with zero attached hydrogens (tertiary/aromatic N) is 1. The molecule has 1 amide bonds. The maximum absolute atomic E-state index is 14.3. The van der Waals surface area contributed by atoms with Gasteiger partial charge in [-0.1, -0.05) is 54.6 Å². The van der Waals surface area contributed by atoms with Crippen LogP contribution in [0, 0.1) is 5.82 Å². The van der Waals surface area contributed by atoms with Gasteiger partial charge in [-0.05, 0) is 61.4 Å². The van der Waals surface area contributed by atoms with E-state index >= 15 is 0 Å². The van der Waals surface area contributed by atoms with Crippen LogP contribution in [0.4, 0.5) is 10.1 Å². The zero-order chi connectivity index (χ0) is 32.7. The Bertz CT molecular complexity index is 1700. The lowest BCUT2D eigenvalue weighted by atomic mass is 9.94. The number of esters is 1. The summed E-state index contributed by atoms with van der Waals surface area (Å²) in [7, 11) is 1.27. The van der Waals surface area contributed by atoms with E-state index < -0.39 is 42.3 Å². The molecule has 0 saturated heterocycles. The third kappa shape index (κ3) is 7.91. The largest absolute Gasteiger partial charge is 0.481 e. The van der Waals surface area contributed by atoms with E-state index in [0.29, 0.717) is 33.6 Å². The van der Waals surface area contributed by atoms with Crippen molar-refractivity contribution in [2.24, 2.45) is 0 Å². The molecule has 2 atom stereocenters. The number of ether oxygens (including phenoxy) is 1. The molecule has 0 aliphatic heterocycles. The zero-order valence-corrected chi connectivity index (χ0v) is 25.1. The van der Waals surface area contributed by atoms with Crippen LogP contribution in [0.15, 0.2) is 84.9 Å². The molecule has 0 saturated carbocycles. The van der Waals surface area contributed by atoms with Gasteiger partial charge in [0.05, 0.1) is 31.3 Å². The lowest BCUT2D eigenvalue weighted by Crippen LogP contribution is -2.20. The molecule has 4 rings (SSSR count). The highest BCUT2D eigenvalue weighted by Gasteiger charge is 2.29. The number of carbonyl (C=O) groups is 3. The van der Waals surface area contributed by atoms with Crippen molar-refractivity contribution in [1.82, 2.24) is 4.57 Å². The highest BCUT2D eigenvalue weighted by molar-refractivity contribution is 6.12. The fraction of sp³-hybridized carbons (Fsp3) is 0.229. The highest BCUT2D eigenvalue weighted by Crippen LogP contribution is 2.43. The van der Waals surface area contributed by atoms with Gasteiger partial charge in [0, 0.05) is 35.0 Å². The number of amides is 1. The number of carbonyl (C=O) groups excluding carboxylic acids is 2. The first-order valence-corrected chi connectivity index (χ1v) is 14.4. The van der Waals surface area contributed by atoms with Gasteiger partial charge in [-0.25, -0.2) is 9.18 Å². The number of aromatic nitrogens is 1. The topological polar surface area (TPSA) is 138 Å². The van der Waals surface area contributed by atoms with Gasteiger partial charge >= 0.3 is 11.9 Å². The first-order chi connectivity index (χ1) is 21.5. The summed E-state index contributed by atoms with van der Waals surface area (Å²) in [6.07, 6.45) is -0.146. The summed E-state index contributed by atoms with van der Waals surface area (Å²) in [4.78, 5) is 37.4. The molecule has 1 heterocycles. The molecule has 4 N–H and O–H groups in total. The quantitative estimate of drug-likeness (QED) is 0.140. The third-order valence-corrected chi connectivity index (χ3v) is 7.11. The predicted molar refractivity (Wildman–Crippen MR) is 169 cm³/mol. The van der Waals surface area contributed by atoms with Crippen LogP contribution in [0.3, 0.4) is 0 Å². The second kappa shape index (κ2) is 14.6. The van der Waals surface area contributed by atoms with Gasteiger partial charge in [0.15, 0.2) is 0 Å². The summed E-state index contributed by atoms with van der Waals surface area (Å²) in [6, 6.07) is 21.1. The van der Waals surface area contributed by atoms with E-state index in [1.165, 1.54) is 31.4 Å². The smallest absolute Gasteiger partial charge is 0.337 e. The Balaban J connectivity index is 1.95. The molecular formula is C35H35FN2O7. The average Bonchev–Trinajstić information content (AvgIpc) is 3.35. The summed E-state index contributed by atoms with van der Waals surface area (Å²) in [5.41, 5.74) is 3.88. The number of anilines is 1. The molecule has 10 heteroatoms. The van der Waals surface area contributed by atoms with Gasteiger partial charge in [0.25, 0.3) is 5.91 Å². The SMILES string of the molecule is COC(=O)c1cccc(NC(=O)c2c(-c3ccccc3)c(-c3ccc(F)cc3)c(/C=C/[C@H](O)C[C@H](O)CC(=O)O)n2C(C)C)c1. The number of methoxy groups -OCH3 is 1. The van der Waals surface area contributed by atoms with Gasteiger partial charge in [-0.2, -0.15) is 0 Å². The van der Waals surface area contributed by atoms with Gasteiger partial charge in [-0.3, -0.25) is 9.59 Å². The Morgan fingerprint density at radius 1 is 0.933 bits per heavy atom. The molecule has 0 aliphatic rings. The molecule has 0 radical (unpaired) electrons. The molecule has 3 aromatic carbocycles. The van der Waals surface area contributed by atoms with Crippen molar-refractivity contribution in [3.05, 3.63) is 108 Å². The minimum Gasteiger partial charge on any atom is -0.481 e. The van der Waals surface area contributed by atoms with E-state index in [9.17, 15) is 29.0 Å². The Labute approximate surface area is 260 Å². The normalized spacial score (nSPS) is 12.7. The third-order valence-electron chi connectivity index (χ3n) is 7.11. The Morgan fingerprint density at radius 2 is 1.60 bits per heavy atom. The van der Waals surface area contributed by atoms with E-state index in [-0.39, 0.29) is 23.7 Å². The molecule has 45 heavy (non-hydrogen) atoms. The van der Waals surface area contributed by atoms with Crippen molar-refractivity contribution in [3.63, 3.8) is 0 Å². The van der Waals surface area contributed by atoms with Crippen LogP contribution in [-0.4, -0.2) is 57.1 Å². The fourth-order valence-corrected chi connectivity index (χ4v) is 5.20. The van der Waals surface area contributed by atoms with E-state index in [2.05, 4.69) is 5.32 Å². The molecule has 9 nitrogen and oxygen atoms in total. The van der Waals surface area contributed by atoms with E-state index in [1.54, 1.807) is 41.0 Å². The minimum absolute atomic E-state index is 0.216. The number of nitrogens with one attached hydrogen (secondary N) is 1. The summed E-state index contributed by atoms with van der Waals surface area (Å²) >= 11 is 0. The van der Waals surface area contributed by atoms with Crippen LogP contribution in [0.1, 0.15) is 59.3 Å². The van der Waals surface area contributed by atoms with Crippen molar-refractivity contribution in [2.45, 2.75) is 44.9 Å². The lowest BCUT2D eigenvalue weighted by Gasteiger charge is -2.17. The van der Waals surface area contributed by atoms with Gasteiger partial charge in [-0.15, -0.1) is 0 Å². The van der Waals surface area contributed by atoms with Crippen molar-refractivity contribution >= 4 is 29.6 Å². The van der Waals surface area contributed by atoms with Crippen LogP contribution < -0.4 is 5.32 Å². The molecule has 0 bridgehead atoms. The first kappa shape index (κ1) is 32.8. The minimum atomic E-state index is -1.27. The standard InChI is InChI=1S/C35H35FN2O7/c1-21(2)38-29(17-16-27(39)19-28(40)20-30(41)42)31(23-12-14-25(36)15-13-23)32(22-8-5-4-6-9-22)33(38)34(43)37-26-11-7-10-24(18-26)35(44)45-3/h4-18,21,27-28,39-40H,19-20H2,1-3H3,(H,37,43)(H,41,42)/b17-16+/t27-,28-/m0/s1. The number of aliphatic carboxylic acids is 1. The second-order valence-corrected chi connectivity index (χ2v) is 10.8. The molecule has 0 spiro atoms. The maximum Gasteiger partial charge on any atom is 0.337 e. The number of aliphatic hydroxyl groups excluding tert-OH is 2. The zero-order valence-electron chi connectivity index (χ0n) is 25.1. The number of carboxylic acids is 1. The maximum atomic E-state index is 14.3. The van der Waals surface area contributed by atoms with E-state index in [0.717, 1.165) is 0 Å². The number of hydrogen-bond donors (Lipinski definition) is 4. The monoisotopic (exact) mass is 614 g/mol. The Kier molecular flexibility index (Phi) is 10.7. The molecular weight excluding hydrogens is 579 g/mol. The number of benzene rings is 3. The van der Waals surface area contributed by atoms with Crippen molar-refractivity contribution < 1.29 is 38.8 Å². The molecule has 0 aliphatic carbocycles. The molecule has 0 unspecified atom stereocenters.